The molecule has 0 spiro atoms. The predicted octanol–water partition coefficient (Wildman–Crippen LogP) is 1.30. The fourth-order valence-electron chi connectivity index (χ4n) is 1.99. The molecule has 0 unspecified atom stereocenters. The Bertz CT molecular complexity index is 402. The largest absolute Gasteiger partial charge is 0.379 e. The number of nitrogens with one attached hydrogen (secondary N) is 1. The van der Waals surface area contributed by atoms with Gasteiger partial charge in [-0.05, 0) is 13.3 Å². The number of Topliss-reactive ketones (excluding diaryl/α,β-unsaturated/α-hetero) is 2. The summed E-state index contributed by atoms with van der Waals surface area (Å²) in [6.07, 6.45) is 2.47. The van der Waals surface area contributed by atoms with E-state index >= 15 is 0 Å². The van der Waals surface area contributed by atoms with Crippen molar-refractivity contribution in [3.63, 3.8) is 0 Å². The summed E-state index contributed by atoms with van der Waals surface area (Å²) < 4.78 is 21.4. The number of amides is 1. The predicted molar refractivity (Wildman–Crippen MR) is 101 cm³/mol. The van der Waals surface area contributed by atoms with Crippen LogP contribution in [0, 0.1) is 0 Å². The Morgan fingerprint density at radius 2 is 1.19 bits per heavy atom. The highest BCUT2D eigenvalue weighted by Gasteiger charge is 2.02. The molecule has 0 aromatic heterocycles. The molecular formula is C19H35NO7. The number of carbonyl (C=O) groups is 3. The first-order valence-electron chi connectivity index (χ1n) is 9.65. The van der Waals surface area contributed by atoms with Gasteiger partial charge in [-0.3, -0.25) is 9.59 Å². The van der Waals surface area contributed by atoms with Gasteiger partial charge in [0.15, 0.2) is 0 Å². The van der Waals surface area contributed by atoms with Gasteiger partial charge in [-0.2, -0.15) is 0 Å². The third-order valence-corrected chi connectivity index (χ3v) is 3.44. The third-order valence-electron chi connectivity index (χ3n) is 3.44. The van der Waals surface area contributed by atoms with Crippen molar-refractivity contribution >= 4 is 17.5 Å². The van der Waals surface area contributed by atoms with Crippen molar-refractivity contribution in [3.8, 4) is 0 Å². The van der Waals surface area contributed by atoms with Crippen LogP contribution in [0.2, 0.25) is 0 Å². The number of ether oxygens (including phenoxy) is 4. The van der Waals surface area contributed by atoms with Gasteiger partial charge in [0.25, 0.3) is 0 Å². The van der Waals surface area contributed by atoms with Crippen molar-refractivity contribution in [1.82, 2.24) is 5.32 Å². The maximum absolute atomic E-state index is 11.3. The molecule has 1 N–H and O–H groups in total. The van der Waals surface area contributed by atoms with Gasteiger partial charge in [-0.1, -0.05) is 6.92 Å². The van der Waals surface area contributed by atoms with E-state index in [0.29, 0.717) is 72.2 Å². The SMILES string of the molecule is CCCC(=O)CCOCCOCCOCCOCCNC(=O)CCC(C)=O. The van der Waals surface area contributed by atoms with Gasteiger partial charge >= 0.3 is 0 Å². The molecular weight excluding hydrogens is 354 g/mol. The summed E-state index contributed by atoms with van der Waals surface area (Å²) in [4.78, 5) is 33.4. The minimum atomic E-state index is -0.140. The summed E-state index contributed by atoms with van der Waals surface area (Å²) in [5.41, 5.74) is 0. The highest BCUT2D eigenvalue weighted by molar-refractivity contribution is 5.83. The van der Waals surface area contributed by atoms with Crippen LogP contribution in [-0.2, 0) is 33.3 Å². The molecule has 0 aromatic carbocycles. The van der Waals surface area contributed by atoms with E-state index in [1.807, 2.05) is 6.92 Å². The molecule has 0 aliphatic rings. The summed E-state index contributed by atoms with van der Waals surface area (Å²) in [7, 11) is 0. The lowest BCUT2D eigenvalue weighted by Gasteiger charge is -2.08. The van der Waals surface area contributed by atoms with Crippen LogP contribution >= 0.6 is 0 Å². The van der Waals surface area contributed by atoms with E-state index in [1.165, 1.54) is 6.92 Å². The lowest BCUT2D eigenvalue weighted by atomic mass is 10.2. The highest BCUT2D eigenvalue weighted by atomic mass is 16.6. The van der Waals surface area contributed by atoms with E-state index < -0.39 is 0 Å². The van der Waals surface area contributed by atoms with Crippen LogP contribution in [0.5, 0.6) is 0 Å². The molecule has 8 heteroatoms. The van der Waals surface area contributed by atoms with Gasteiger partial charge in [-0.25, -0.2) is 0 Å². The minimum absolute atomic E-state index is 0.00829. The molecule has 0 aliphatic carbocycles. The van der Waals surface area contributed by atoms with Gasteiger partial charge in [0.2, 0.25) is 5.91 Å². The number of carbonyl (C=O) groups excluding carboxylic acids is 3. The van der Waals surface area contributed by atoms with E-state index in [0.717, 1.165) is 6.42 Å². The summed E-state index contributed by atoms with van der Waals surface area (Å²) >= 11 is 0. The van der Waals surface area contributed by atoms with Crippen molar-refractivity contribution < 1.29 is 33.3 Å². The van der Waals surface area contributed by atoms with Crippen LogP contribution in [0.25, 0.3) is 0 Å². The number of rotatable bonds is 20. The molecule has 0 saturated carbocycles. The van der Waals surface area contributed by atoms with Gasteiger partial charge in [0, 0.05) is 32.2 Å². The first kappa shape index (κ1) is 25.6. The van der Waals surface area contributed by atoms with Gasteiger partial charge in [-0.15, -0.1) is 0 Å². The van der Waals surface area contributed by atoms with Crippen molar-refractivity contribution in [1.29, 1.82) is 0 Å². The van der Waals surface area contributed by atoms with Gasteiger partial charge < -0.3 is 29.1 Å². The zero-order valence-corrected chi connectivity index (χ0v) is 16.8. The molecule has 8 nitrogen and oxygen atoms in total. The van der Waals surface area contributed by atoms with Gasteiger partial charge in [0.1, 0.15) is 11.6 Å². The molecule has 1 amide bonds. The maximum atomic E-state index is 11.3. The standard InChI is InChI=1S/C19H35NO7/c1-3-4-18(22)7-9-24-11-13-26-15-16-27-14-12-25-10-8-20-19(23)6-5-17(2)21/h3-16H2,1-2H3,(H,20,23). The van der Waals surface area contributed by atoms with Gasteiger partial charge in [0.05, 0.1) is 52.9 Å². The number of ketones is 2. The second-order valence-electron chi connectivity index (χ2n) is 6.04. The Labute approximate surface area is 162 Å². The fourth-order valence-corrected chi connectivity index (χ4v) is 1.99. The maximum Gasteiger partial charge on any atom is 0.220 e. The zero-order chi connectivity index (χ0) is 20.2. The molecule has 0 saturated heterocycles. The number of hydrogen-bond donors (Lipinski definition) is 1. The zero-order valence-electron chi connectivity index (χ0n) is 16.8. The summed E-state index contributed by atoms with van der Waals surface area (Å²) in [5.74, 6) is 0.108. The van der Waals surface area contributed by atoms with Crippen LogP contribution in [0.1, 0.15) is 46.0 Å². The van der Waals surface area contributed by atoms with E-state index in [-0.39, 0.29) is 30.3 Å². The van der Waals surface area contributed by atoms with Crippen molar-refractivity contribution in [2.24, 2.45) is 0 Å². The molecule has 0 aliphatic heterocycles. The molecule has 0 rings (SSSR count). The summed E-state index contributed by atoms with van der Waals surface area (Å²) in [6, 6.07) is 0. The molecule has 0 heterocycles. The molecule has 0 aromatic rings. The van der Waals surface area contributed by atoms with Crippen molar-refractivity contribution in [2.75, 3.05) is 59.4 Å². The van der Waals surface area contributed by atoms with Crippen LogP contribution in [0.3, 0.4) is 0 Å². The first-order valence-corrected chi connectivity index (χ1v) is 9.65. The second-order valence-corrected chi connectivity index (χ2v) is 6.04. The van der Waals surface area contributed by atoms with Crippen molar-refractivity contribution in [3.05, 3.63) is 0 Å². The van der Waals surface area contributed by atoms with E-state index in [1.54, 1.807) is 0 Å². The first-order chi connectivity index (χ1) is 13.1. The van der Waals surface area contributed by atoms with Crippen LogP contribution in [0.15, 0.2) is 0 Å². The third kappa shape index (κ3) is 20.8. The summed E-state index contributed by atoms with van der Waals surface area (Å²) in [6.45, 7) is 7.53. The smallest absolute Gasteiger partial charge is 0.220 e. The Morgan fingerprint density at radius 3 is 1.70 bits per heavy atom. The Morgan fingerprint density at radius 1 is 0.667 bits per heavy atom. The molecule has 0 bridgehead atoms. The average Bonchev–Trinajstić information content (AvgIpc) is 2.63. The Kier molecular flexibility index (Phi) is 18.4. The quantitative estimate of drug-likeness (QED) is 0.313. The Hall–Kier alpha value is -1.35. The molecule has 27 heavy (non-hydrogen) atoms. The van der Waals surface area contributed by atoms with Crippen molar-refractivity contribution in [2.45, 2.75) is 46.0 Å². The van der Waals surface area contributed by atoms with E-state index in [4.69, 9.17) is 18.9 Å². The topological polar surface area (TPSA) is 100 Å². The second kappa shape index (κ2) is 19.4. The summed E-state index contributed by atoms with van der Waals surface area (Å²) in [5, 5.41) is 2.68. The molecule has 0 fully saturated rings. The van der Waals surface area contributed by atoms with Crippen LogP contribution in [-0.4, -0.2) is 76.9 Å². The van der Waals surface area contributed by atoms with E-state index in [9.17, 15) is 14.4 Å². The normalized spacial score (nSPS) is 10.7. The van der Waals surface area contributed by atoms with Crippen LogP contribution in [0.4, 0.5) is 0 Å². The highest BCUT2D eigenvalue weighted by Crippen LogP contribution is 1.94. The molecule has 158 valence electrons. The molecule has 0 atom stereocenters. The molecule has 0 radical (unpaired) electrons. The fraction of sp³-hybridized carbons (Fsp3) is 0.842. The number of hydrogen-bond acceptors (Lipinski definition) is 7. The lowest BCUT2D eigenvalue weighted by Crippen LogP contribution is -2.27. The monoisotopic (exact) mass is 389 g/mol. The average molecular weight is 389 g/mol. The van der Waals surface area contributed by atoms with E-state index in [2.05, 4.69) is 5.32 Å². The Balaban J connectivity index is 3.16. The minimum Gasteiger partial charge on any atom is -0.379 e. The lowest BCUT2D eigenvalue weighted by molar-refractivity contribution is -0.124. The van der Waals surface area contributed by atoms with Crippen LogP contribution < -0.4 is 5.32 Å².